The van der Waals surface area contributed by atoms with Gasteiger partial charge >= 0.3 is 5.97 Å². The molecule has 0 saturated carbocycles. The predicted octanol–water partition coefficient (Wildman–Crippen LogP) is 4.12. The molecule has 5 heteroatoms. The van der Waals surface area contributed by atoms with Crippen molar-refractivity contribution in [1.29, 1.82) is 0 Å². The number of carbonyl (C=O) groups excluding carboxylic acids is 1. The SMILES string of the molecule is CCOC(=O)C1(Cc2ccccc2C)CCCN(Cc2ccc(COC)o2)C1. The van der Waals surface area contributed by atoms with Crippen LogP contribution < -0.4 is 0 Å². The third-order valence-corrected chi connectivity index (χ3v) is 5.54. The van der Waals surface area contributed by atoms with Crippen LogP contribution in [0.3, 0.4) is 0 Å². The summed E-state index contributed by atoms with van der Waals surface area (Å²) in [6.07, 6.45) is 2.53. The number of hydrogen-bond acceptors (Lipinski definition) is 5. The van der Waals surface area contributed by atoms with Gasteiger partial charge in [-0.25, -0.2) is 0 Å². The Hall–Kier alpha value is -2.11. The third-order valence-electron chi connectivity index (χ3n) is 5.54. The van der Waals surface area contributed by atoms with Gasteiger partial charge < -0.3 is 13.9 Å². The Kier molecular flexibility index (Phi) is 6.92. The molecular formula is C23H31NO4. The molecule has 1 aromatic heterocycles. The molecule has 1 fully saturated rings. The quantitative estimate of drug-likeness (QED) is 0.640. The van der Waals surface area contributed by atoms with E-state index in [2.05, 4.69) is 24.0 Å². The van der Waals surface area contributed by atoms with Crippen LogP contribution in [0.25, 0.3) is 0 Å². The highest BCUT2D eigenvalue weighted by Gasteiger charge is 2.43. The second-order valence-corrected chi connectivity index (χ2v) is 7.72. The van der Waals surface area contributed by atoms with E-state index in [0.717, 1.165) is 30.9 Å². The van der Waals surface area contributed by atoms with Crippen LogP contribution in [0.15, 0.2) is 40.8 Å². The number of aryl methyl sites for hydroxylation is 1. The summed E-state index contributed by atoms with van der Waals surface area (Å²) in [6, 6.07) is 12.3. The number of hydrogen-bond donors (Lipinski definition) is 0. The molecule has 1 aliphatic heterocycles. The highest BCUT2D eigenvalue weighted by molar-refractivity contribution is 5.78. The molecule has 5 nitrogen and oxygen atoms in total. The topological polar surface area (TPSA) is 51.9 Å². The summed E-state index contributed by atoms with van der Waals surface area (Å²) in [5, 5.41) is 0. The normalized spacial score (nSPS) is 20.2. The predicted molar refractivity (Wildman–Crippen MR) is 108 cm³/mol. The molecule has 0 amide bonds. The number of furan rings is 1. The molecule has 2 heterocycles. The minimum Gasteiger partial charge on any atom is -0.466 e. The Labute approximate surface area is 167 Å². The lowest BCUT2D eigenvalue weighted by Gasteiger charge is -2.41. The molecule has 1 aromatic carbocycles. The zero-order valence-corrected chi connectivity index (χ0v) is 17.2. The van der Waals surface area contributed by atoms with E-state index in [1.807, 2.05) is 31.2 Å². The van der Waals surface area contributed by atoms with Gasteiger partial charge in [-0.2, -0.15) is 0 Å². The molecule has 0 bridgehead atoms. The lowest BCUT2D eigenvalue weighted by Crippen LogP contribution is -2.49. The fourth-order valence-corrected chi connectivity index (χ4v) is 4.15. The summed E-state index contributed by atoms with van der Waals surface area (Å²) in [4.78, 5) is 15.3. The van der Waals surface area contributed by atoms with Crippen molar-refractivity contribution < 1.29 is 18.7 Å². The van der Waals surface area contributed by atoms with Crippen LogP contribution in [0.1, 0.15) is 42.4 Å². The summed E-state index contributed by atoms with van der Waals surface area (Å²) in [5.74, 6) is 1.65. The first-order valence-corrected chi connectivity index (χ1v) is 10.1. The van der Waals surface area contributed by atoms with Gasteiger partial charge in [0.05, 0.1) is 18.6 Å². The van der Waals surface area contributed by atoms with Crippen molar-refractivity contribution in [3.05, 3.63) is 59.0 Å². The van der Waals surface area contributed by atoms with Gasteiger partial charge in [-0.1, -0.05) is 24.3 Å². The zero-order valence-electron chi connectivity index (χ0n) is 17.2. The van der Waals surface area contributed by atoms with Gasteiger partial charge in [0.1, 0.15) is 18.1 Å². The second kappa shape index (κ2) is 9.39. The molecule has 1 saturated heterocycles. The molecule has 3 rings (SSSR count). The average Bonchev–Trinajstić information content (AvgIpc) is 3.11. The zero-order chi connectivity index (χ0) is 20.0. The maximum Gasteiger partial charge on any atom is 0.313 e. The number of likely N-dealkylation sites (tertiary alicyclic amines) is 1. The molecule has 152 valence electrons. The lowest BCUT2D eigenvalue weighted by molar-refractivity contribution is -0.159. The summed E-state index contributed by atoms with van der Waals surface area (Å²) < 4.78 is 16.5. The van der Waals surface area contributed by atoms with E-state index in [-0.39, 0.29) is 5.97 Å². The highest BCUT2D eigenvalue weighted by atomic mass is 16.5. The van der Waals surface area contributed by atoms with Gasteiger partial charge in [-0.05, 0) is 62.9 Å². The minimum atomic E-state index is -0.512. The Morgan fingerprint density at radius 2 is 2.00 bits per heavy atom. The maximum atomic E-state index is 13.0. The molecular weight excluding hydrogens is 354 g/mol. The second-order valence-electron chi connectivity index (χ2n) is 7.72. The van der Waals surface area contributed by atoms with Gasteiger partial charge in [-0.3, -0.25) is 9.69 Å². The minimum absolute atomic E-state index is 0.0810. The van der Waals surface area contributed by atoms with Crippen LogP contribution >= 0.6 is 0 Å². The molecule has 1 unspecified atom stereocenters. The van der Waals surface area contributed by atoms with E-state index >= 15 is 0 Å². The molecule has 0 spiro atoms. The Bertz CT molecular complexity index is 784. The first-order chi connectivity index (χ1) is 13.6. The van der Waals surface area contributed by atoms with Crippen LogP contribution in [0.4, 0.5) is 0 Å². The van der Waals surface area contributed by atoms with Gasteiger partial charge in [0.25, 0.3) is 0 Å². The summed E-state index contributed by atoms with van der Waals surface area (Å²) >= 11 is 0. The number of benzene rings is 1. The van der Waals surface area contributed by atoms with E-state index in [0.29, 0.717) is 32.7 Å². The summed E-state index contributed by atoms with van der Waals surface area (Å²) in [7, 11) is 1.66. The van der Waals surface area contributed by atoms with Crippen molar-refractivity contribution in [3.63, 3.8) is 0 Å². The maximum absolute atomic E-state index is 13.0. The van der Waals surface area contributed by atoms with Crippen LogP contribution in [0.2, 0.25) is 0 Å². The van der Waals surface area contributed by atoms with E-state index < -0.39 is 5.41 Å². The number of carbonyl (C=O) groups is 1. The van der Waals surface area contributed by atoms with Crippen LogP contribution in [0, 0.1) is 12.3 Å². The lowest BCUT2D eigenvalue weighted by atomic mass is 9.74. The average molecular weight is 386 g/mol. The van der Waals surface area contributed by atoms with Gasteiger partial charge in [0.15, 0.2) is 0 Å². The van der Waals surface area contributed by atoms with Crippen molar-refractivity contribution in [2.45, 2.75) is 46.3 Å². The Morgan fingerprint density at radius 3 is 2.75 bits per heavy atom. The fourth-order valence-electron chi connectivity index (χ4n) is 4.15. The van der Waals surface area contributed by atoms with E-state index in [1.54, 1.807) is 7.11 Å². The Morgan fingerprint density at radius 1 is 1.21 bits per heavy atom. The van der Waals surface area contributed by atoms with Gasteiger partial charge in [0.2, 0.25) is 0 Å². The van der Waals surface area contributed by atoms with Gasteiger partial charge in [-0.15, -0.1) is 0 Å². The number of esters is 1. The molecule has 1 atom stereocenters. The van der Waals surface area contributed by atoms with Crippen molar-refractivity contribution in [2.24, 2.45) is 5.41 Å². The van der Waals surface area contributed by atoms with Crippen LogP contribution in [-0.4, -0.2) is 37.7 Å². The Balaban J connectivity index is 1.78. The van der Waals surface area contributed by atoms with Gasteiger partial charge in [0, 0.05) is 13.7 Å². The number of methoxy groups -OCH3 is 1. The van der Waals surface area contributed by atoms with Crippen molar-refractivity contribution in [2.75, 3.05) is 26.8 Å². The molecule has 28 heavy (non-hydrogen) atoms. The smallest absolute Gasteiger partial charge is 0.313 e. The molecule has 0 aliphatic carbocycles. The fraction of sp³-hybridized carbons (Fsp3) is 0.522. The number of ether oxygens (including phenoxy) is 2. The first-order valence-electron chi connectivity index (χ1n) is 10.1. The molecule has 1 aliphatic rings. The standard InChI is InChI=1S/C23H31NO4/c1-4-27-22(25)23(14-19-9-6-5-8-18(19)2)12-7-13-24(17-23)15-20-10-11-21(28-20)16-26-3/h5-6,8-11H,4,7,12-17H2,1-3H3. The number of rotatable bonds is 8. The molecule has 0 N–H and O–H groups in total. The van der Waals surface area contributed by atoms with Crippen LogP contribution in [-0.2, 0) is 33.8 Å². The monoisotopic (exact) mass is 385 g/mol. The summed E-state index contributed by atoms with van der Waals surface area (Å²) in [5.41, 5.74) is 1.93. The van der Waals surface area contributed by atoms with Crippen LogP contribution in [0.5, 0.6) is 0 Å². The number of piperidine rings is 1. The van der Waals surface area contributed by atoms with E-state index in [1.165, 1.54) is 11.1 Å². The molecule has 2 aromatic rings. The summed E-state index contributed by atoms with van der Waals surface area (Å²) in [6.45, 7) is 7.19. The largest absolute Gasteiger partial charge is 0.466 e. The van der Waals surface area contributed by atoms with Crippen molar-refractivity contribution >= 4 is 5.97 Å². The molecule has 0 radical (unpaired) electrons. The van der Waals surface area contributed by atoms with E-state index in [9.17, 15) is 4.79 Å². The first kappa shape index (κ1) is 20.6. The highest BCUT2D eigenvalue weighted by Crippen LogP contribution is 2.36. The third kappa shape index (κ3) is 4.83. The van der Waals surface area contributed by atoms with Crippen molar-refractivity contribution in [3.8, 4) is 0 Å². The van der Waals surface area contributed by atoms with Crippen molar-refractivity contribution in [1.82, 2.24) is 4.90 Å². The number of nitrogens with zero attached hydrogens (tertiary/aromatic N) is 1. The van der Waals surface area contributed by atoms with E-state index in [4.69, 9.17) is 13.9 Å².